The van der Waals surface area contributed by atoms with Crippen LogP contribution in [0.2, 0.25) is 0 Å². The highest BCUT2D eigenvalue weighted by Crippen LogP contribution is 2.21. The molecule has 15 heavy (non-hydrogen) atoms. The third-order valence-corrected chi connectivity index (χ3v) is 2.61. The molecule has 0 saturated carbocycles. The summed E-state index contributed by atoms with van der Waals surface area (Å²) < 4.78 is 0. The summed E-state index contributed by atoms with van der Waals surface area (Å²) in [6.45, 7) is 5.92. The van der Waals surface area contributed by atoms with Gasteiger partial charge in [-0.15, -0.1) is 0 Å². The van der Waals surface area contributed by atoms with Crippen LogP contribution in [0.15, 0.2) is 6.33 Å². The maximum Gasteiger partial charge on any atom is 0.148 e. The highest BCUT2D eigenvalue weighted by atomic mass is 15.3. The van der Waals surface area contributed by atoms with Gasteiger partial charge in [0.15, 0.2) is 0 Å². The van der Waals surface area contributed by atoms with Crippen molar-refractivity contribution in [1.82, 2.24) is 15.3 Å². The Kier molecular flexibility index (Phi) is 2.98. The molecule has 1 aliphatic heterocycles. The van der Waals surface area contributed by atoms with Crippen molar-refractivity contribution in [1.29, 1.82) is 0 Å². The zero-order chi connectivity index (χ0) is 10.7. The average Bonchev–Trinajstić information content (AvgIpc) is 2.30. The second kappa shape index (κ2) is 4.41. The van der Waals surface area contributed by atoms with E-state index in [1.165, 1.54) is 0 Å². The number of piperazine rings is 1. The predicted molar refractivity (Wildman–Crippen MR) is 59.7 cm³/mol. The standard InChI is InChI=1S/C9H16N6/c1-7-8(14-10)12-6-13-9(7)15-4-2-11-3-5-15/h6,11H,2-5,10H2,1H3,(H,12,13,14). The van der Waals surface area contributed by atoms with Crippen LogP contribution in [0.4, 0.5) is 11.6 Å². The minimum Gasteiger partial charge on any atom is -0.354 e. The second-order valence-electron chi connectivity index (χ2n) is 3.55. The number of hydrogen-bond donors (Lipinski definition) is 3. The Morgan fingerprint density at radius 1 is 1.40 bits per heavy atom. The normalized spacial score (nSPS) is 16.5. The van der Waals surface area contributed by atoms with E-state index in [4.69, 9.17) is 5.84 Å². The average molecular weight is 208 g/mol. The van der Waals surface area contributed by atoms with Gasteiger partial charge < -0.3 is 15.6 Å². The molecule has 0 bridgehead atoms. The summed E-state index contributed by atoms with van der Waals surface area (Å²) in [5, 5.41) is 3.31. The van der Waals surface area contributed by atoms with E-state index >= 15 is 0 Å². The Bertz CT molecular complexity index is 333. The first-order chi connectivity index (χ1) is 7.33. The molecule has 1 aromatic heterocycles. The smallest absolute Gasteiger partial charge is 0.148 e. The summed E-state index contributed by atoms with van der Waals surface area (Å²) in [6, 6.07) is 0. The van der Waals surface area contributed by atoms with E-state index in [2.05, 4.69) is 25.6 Å². The van der Waals surface area contributed by atoms with E-state index < -0.39 is 0 Å². The Labute approximate surface area is 88.9 Å². The van der Waals surface area contributed by atoms with Crippen molar-refractivity contribution in [3.8, 4) is 0 Å². The Morgan fingerprint density at radius 3 is 2.80 bits per heavy atom. The van der Waals surface area contributed by atoms with Crippen molar-refractivity contribution in [2.24, 2.45) is 5.84 Å². The lowest BCUT2D eigenvalue weighted by Crippen LogP contribution is -2.44. The molecular weight excluding hydrogens is 192 g/mol. The van der Waals surface area contributed by atoms with Crippen LogP contribution in [0.5, 0.6) is 0 Å². The molecule has 0 spiro atoms. The van der Waals surface area contributed by atoms with Crippen LogP contribution >= 0.6 is 0 Å². The second-order valence-corrected chi connectivity index (χ2v) is 3.55. The van der Waals surface area contributed by atoms with Crippen molar-refractivity contribution < 1.29 is 0 Å². The third-order valence-electron chi connectivity index (χ3n) is 2.61. The summed E-state index contributed by atoms with van der Waals surface area (Å²) in [7, 11) is 0. The van der Waals surface area contributed by atoms with Gasteiger partial charge in [-0.05, 0) is 6.92 Å². The van der Waals surface area contributed by atoms with Crippen molar-refractivity contribution >= 4 is 11.6 Å². The summed E-state index contributed by atoms with van der Waals surface area (Å²) in [5.41, 5.74) is 3.58. The molecule has 2 rings (SSSR count). The van der Waals surface area contributed by atoms with Crippen LogP contribution in [0.25, 0.3) is 0 Å². The van der Waals surface area contributed by atoms with E-state index in [0.717, 1.165) is 37.6 Å². The molecule has 1 aromatic rings. The molecule has 0 amide bonds. The number of nitrogens with two attached hydrogens (primary N) is 1. The van der Waals surface area contributed by atoms with Crippen molar-refractivity contribution in [3.63, 3.8) is 0 Å². The number of nitrogens with zero attached hydrogens (tertiary/aromatic N) is 3. The van der Waals surface area contributed by atoms with Crippen LogP contribution in [-0.2, 0) is 0 Å². The zero-order valence-corrected chi connectivity index (χ0v) is 8.82. The molecule has 1 saturated heterocycles. The van der Waals surface area contributed by atoms with Crippen LogP contribution in [0.3, 0.4) is 0 Å². The molecule has 6 nitrogen and oxygen atoms in total. The zero-order valence-electron chi connectivity index (χ0n) is 8.82. The first kappa shape index (κ1) is 10.1. The number of anilines is 2. The first-order valence-corrected chi connectivity index (χ1v) is 5.07. The van der Waals surface area contributed by atoms with E-state index in [9.17, 15) is 0 Å². The van der Waals surface area contributed by atoms with E-state index in [1.54, 1.807) is 6.33 Å². The Hall–Kier alpha value is -1.40. The van der Waals surface area contributed by atoms with Gasteiger partial charge in [0, 0.05) is 31.7 Å². The molecule has 1 aliphatic rings. The topological polar surface area (TPSA) is 79.1 Å². The van der Waals surface area contributed by atoms with Gasteiger partial charge in [-0.3, -0.25) is 0 Å². The first-order valence-electron chi connectivity index (χ1n) is 5.07. The van der Waals surface area contributed by atoms with Crippen LogP contribution in [0, 0.1) is 6.92 Å². The van der Waals surface area contributed by atoms with Gasteiger partial charge >= 0.3 is 0 Å². The SMILES string of the molecule is Cc1c(NN)ncnc1N1CCNCC1. The summed E-state index contributed by atoms with van der Waals surface area (Å²) in [6.07, 6.45) is 1.54. The lowest BCUT2D eigenvalue weighted by Gasteiger charge is -2.29. The van der Waals surface area contributed by atoms with Gasteiger partial charge in [-0.2, -0.15) is 0 Å². The highest BCUT2D eigenvalue weighted by molar-refractivity contribution is 5.57. The maximum absolute atomic E-state index is 5.38. The molecule has 0 aromatic carbocycles. The number of hydrazine groups is 1. The van der Waals surface area contributed by atoms with Crippen LogP contribution in [0.1, 0.15) is 5.56 Å². The Morgan fingerprint density at radius 2 is 2.13 bits per heavy atom. The molecule has 0 unspecified atom stereocenters. The molecule has 4 N–H and O–H groups in total. The molecule has 0 radical (unpaired) electrons. The summed E-state index contributed by atoms with van der Waals surface area (Å²) in [4.78, 5) is 10.6. The van der Waals surface area contributed by atoms with Crippen LogP contribution < -0.4 is 21.5 Å². The minimum atomic E-state index is 0.693. The highest BCUT2D eigenvalue weighted by Gasteiger charge is 2.15. The molecule has 1 fully saturated rings. The summed E-state index contributed by atoms with van der Waals surface area (Å²) in [5.74, 6) is 7.04. The molecule has 0 aliphatic carbocycles. The van der Waals surface area contributed by atoms with Gasteiger partial charge in [-0.1, -0.05) is 0 Å². The Balaban J connectivity index is 2.26. The fraction of sp³-hybridized carbons (Fsp3) is 0.556. The number of aromatic nitrogens is 2. The molecule has 82 valence electrons. The quantitative estimate of drug-likeness (QED) is 0.448. The lowest BCUT2D eigenvalue weighted by atomic mass is 10.2. The molecule has 2 heterocycles. The third kappa shape index (κ3) is 2.00. The van der Waals surface area contributed by atoms with Crippen molar-refractivity contribution in [2.75, 3.05) is 36.5 Å². The van der Waals surface area contributed by atoms with E-state index in [0.29, 0.717) is 5.82 Å². The fourth-order valence-corrected chi connectivity index (χ4v) is 1.78. The molecule has 6 heteroatoms. The summed E-state index contributed by atoms with van der Waals surface area (Å²) >= 11 is 0. The van der Waals surface area contributed by atoms with Crippen molar-refractivity contribution in [2.45, 2.75) is 6.92 Å². The van der Waals surface area contributed by atoms with Gasteiger partial charge in [0.05, 0.1) is 0 Å². The number of nitrogens with one attached hydrogen (secondary N) is 2. The van der Waals surface area contributed by atoms with E-state index in [-0.39, 0.29) is 0 Å². The van der Waals surface area contributed by atoms with Gasteiger partial charge in [0.1, 0.15) is 18.0 Å². The van der Waals surface area contributed by atoms with Gasteiger partial charge in [0.2, 0.25) is 0 Å². The molecular formula is C9H16N6. The van der Waals surface area contributed by atoms with Crippen molar-refractivity contribution in [3.05, 3.63) is 11.9 Å². The minimum absolute atomic E-state index is 0.693. The lowest BCUT2D eigenvalue weighted by molar-refractivity contribution is 0.583. The van der Waals surface area contributed by atoms with Crippen LogP contribution in [-0.4, -0.2) is 36.1 Å². The fourth-order valence-electron chi connectivity index (χ4n) is 1.78. The number of nitrogen functional groups attached to an aromatic ring is 1. The number of rotatable bonds is 2. The molecule has 0 atom stereocenters. The maximum atomic E-state index is 5.38. The largest absolute Gasteiger partial charge is 0.354 e. The monoisotopic (exact) mass is 208 g/mol. The number of hydrogen-bond acceptors (Lipinski definition) is 6. The predicted octanol–water partition coefficient (Wildman–Crippen LogP) is -0.520. The van der Waals surface area contributed by atoms with Gasteiger partial charge in [0.25, 0.3) is 0 Å². The van der Waals surface area contributed by atoms with Gasteiger partial charge in [-0.25, -0.2) is 15.8 Å². The van der Waals surface area contributed by atoms with E-state index in [1.807, 2.05) is 6.92 Å².